The molecule has 0 saturated carbocycles. The fraction of sp³-hybridized carbons (Fsp3) is 0.417. The van der Waals surface area contributed by atoms with Gasteiger partial charge in [0.1, 0.15) is 0 Å². The molecule has 0 aromatic heterocycles. The Morgan fingerprint density at radius 2 is 2.05 bits per heavy atom. The van der Waals surface area contributed by atoms with Crippen LogP contribution in [0.1, 0.15) is 19.4 Å². The Morgan fingerprint density at radius 3 is 2.58 bits per heavy atom. The van der Waals surface area contributed by atoms with Gasteiger partial charge in [-0.1, -0.05) is 11.8 Å². The van der Waals surface area contributed by atoms with E-state index >= 15 is 0 Å². The molecule has 1 aliphatic rings. The lowest BCUT2D eigenvalue weighted by Gasteiger charge is -2.12. The van der Waals surface area contributed by atoms with Gasteiger partial charge in [-0.2, -0.15) is 13.2 Å². The van der Waals surface area contributed by atoms with Crippen molar-refractivity contribution >= 4 is 38.5 Å². The van der Waals surface area contributed by atoms with Crippen molar-refractivity contribution in [2.75, 3.05) is 11.1 Å². The predicted molar refractivity (Wildman–Crippen MR) is 76.7 cm³/mol. The Hall–Kier alpha value is -0.690. The summed E-state index contributed by atoms with van der Waals surface area (Å²) in [5.41, 5.74) is -0.485. The molecule has 0 amide bonds. The van der Waals surface area contributed by atoms with Gasteiger partial charge in [0.25, 0.3) is 0 Å². The number of amidine groups is 1. The van der Waals surface area contributed by atoms with E-state index in [9.17, 15) is 13.2 Å². The highest BCUT2D eigenvalue weighted by molar-refractivity contribution is 9.10. The van der Waals surface area contributed by atoms with Crippen molar-refractivity contribution in [3.8, 4) is 0 Å². The monoisotopic (exact) mass is 352 g/mol. The Kier molecular flexibility index (Phi) is 3.88. The predicted octanol–water partition coefficient (Wildman–Crippen LogP) is 4.76. The van der Waals surface area contributed by atoms with E-state index in [1.54, 1.807) is 0 Å². The molecule has 104 valence electrons. The zero-order valence-electron chi connectivity index (χ0n) is 10.3. The van der Waals surface area contributed by atoms with Crippen LogP contribution < -0.4 is 5.32 Å². The summed E-state index contributed by atoms with van der Waals surface area (Å²) < 4.78 is 38.6. The maximum Gasteiger partial charge on any atom is 0.416 e. The minimum atomic E-state index is -4.35. The van der Waals surface area contributed by atoms with Crippen LogP contribution in [0, 0.1) is 0 Å². The second kappa shape index (κ2) is 5.01. The molecule has 0 bridgehead atoms. The van der Waals surface area contributed by atoms with E-state index in [1.807, 2.05) is 13.8 Å². The molecule has 0 radical (unpaired) electrons. The topological polar surface area (TPSA) is 24.4 Å². The summed E-state index contributed by atoms with van der Waals surface area (Å²) in [5, 5.41) is 3.59. The number of aliphatic imine (C=N–C) groups is 1. The van der Waals surface area contributed by atoms with Gasteiger partial charge in [0.2, 0.25) is 0 Å². The van der Waals surface area contributed by atoms with Gasteiger partial charge in [-0.15, -0.1) is 0 Å². The highest BCUT2D eigenvalue weighted by Crippen LogP contribution is 2.35. The Labute approximate surface area is 122 Å². The fourth-order valence-corrected chi connectivity index (χ4v) is 2.96. The van der Waals surface area contributed by atoms with Crippen LogP contribution in [0.2, 0.25) is 0 Å². The van der Waals surface area contributed by atoms with Crippen LogP contribution >= 0.6 is 27.7 Å². The van der Waals surface area contributed by atoms with Crippen LogP contribution in [0.25, 0.3) is 0 Å². The first kappa shape index (κ1) is 14.7. The van der Waals surface area contributed by atoms with E-state index in [2.05, 4.69) is 26.2 Å². The molecular weight excluding hydrogens is 341 g/mol. The number of thioether (sulfide) groups is 1. The van der Waals surface area contributed by atoms with Crippen LogP contribution in [0.3, 0.4) is 0 Å². The molecule has 0 atom stereocenters. The molecule has 0 aliphatic carbocycles. The molecule has 0 saturated heterocycles. The number of hydrogen-bond acceptors (Lipinski definition) is 3. The zero-order valence-corrected chi connectivity index (χ0v) is 12.7. The Morgan fingerprint density at radius 1 is 1.37 bits per heavy atom. The summed E-state index contributed by atoms with van der Waals surface area (Å²) in [7, 11) is 0. The standard InChI is InChI=1S/C12H12BrF3N2S/c1-11(2)6-19-10(18-11)17-9-5-7(12(14,15)16)3-4-8(9)13/h3-5H,6H2,1-2H3,(H,17,18). The third kappa shape index (κ3) is 3.66. The highest BCUT2D eigenvalue weighted by atomic mass is 79.9. The summed E-state index contributed by atoms with van der Waals surface area (Å²) in [6, 6.07) is 3.51. The molecular formula is C12H12BrF3N2S. The minimum absolute atomic E-state index is 0.179. The van der Waals surface area contributed by atoms with Crippen LogP contribution in [0.5, 0.6) is 0 Å². The van der Waals surface area contributed by atoms with Crippen molar-refractivity contribution in [2.45, 2.75) is 25.6 Å². The molecule has 0 spiro atoms. The molecule has 1 aromatic rings. The van der Waals surface area contributed by atoms with E-state index in [-0.39, 0.29) is 5.54 Å². The third-order valence-corrected chi connectivity index (χ3v) is 4.51. The van der Waals surface area contributed by atoms with Crippen LogP contribution in [0.15, 0.2) is 27.7 Å². The number of benzene rings is 1. The zero-order chi connectivity index (χ0) is 14.3. The highest BCUT2D eigenvalue weighted by Gasteiger charge is 2.31. The number of hydrogen-bond donors (Lipinski definition) is 1. The first-order chi connectivity index (χ1) is 8.67. The van der Waals surface area contributed by atoms with Gasteiger partial charge >= 0.3 is 6.18 Å². The van der Waals surface area contributed by atoms with Crippen LogP contribution in [-0.2, 0) is 6.18 Å². The molecule has 19 heavy (non-hydrogen) atoms. The number of rotatable bonds is 1. The van der Waals surface area contributed by atoms with Gasteiger partial charge in [0.05, 0.1) is 16.8 Å². The summed E-state index contributed by atoms with van der Waals surface area (Å²) in [4.78, 5) is 4.42. The van der Waals surface area contributed by atoms with Gasteiger partial charge in [0, 0.05) is 10.2 Å². The molecule has 0 fully saturated rings. The first-order valence-electron chi connectivity index (χ1n) is 5.54. The quantitative estimate of drug-likeness (QED) is 0.787. The third-order valence-electron chi connectivity index (χ3n) is 2.50. The molecule has 7 heteroatoms. The molecule has 1 aliphatic heterocycles. The molecule has 1 aromatic carbocycles. The minimum Gasteiger partial charge on any atom is -0.334 e. The average molecular weight is 353 g/mol. The number of nitrogens with zero attached hydrogens (tertiary/aromatic N) is 1. The normalized spacial score (nSPS) is 18.3. The van der Waals surface area contributed by atoms with Crippen molar-refractivity contribution in [2.24, 2.45) is 4.99 Å². The van der Waals surface area contributed by atoms with E-state index in [0.717, 1.165) is 17.9 Å². The second-order valence-corrected chi connectivity index (χ2v) is 6.65. The second-order valence-electron chi connectivity index (χ2n) is 4.84. The maximum atomic E-state index is 12.7. The van der Waals surface area contributed by atoms with Crippen molar-refractivity contribution < 1.29 is 13.2 Å². The SMILES string of the molecule is CC1(C)CSC(Nc2cc(C(F)(F)F)ccc2Br)=N1. The molecule has 2 nitrogen and oxygen atoms in total. The van der Waals surface area contributed by atoms with Crippen molar-refractivity contribution in [3.05, 3.63) is 28.2 Å². The van der Waals surface area contributed by atoms with E-state index in [0.29, 0.717) is 15.3 Å². The number of halogens is 4. The van der Waals surface area contributed by atoms with Gasteiger partial charge < -0.3 is 5.32 Å². The van der Waals surface area contributed by atoms with Crippen molar-refractivity contribution in [3.63, 3.8) is 0 Å². The van der Waals surface area contributed by atoms with Gasteiger partial charge in [0.15, 0.2) is 5.17 Å². The van der Waals surface area contributed by atoms with E-state index in [4.69, 9.17) is 0 Å². The average Bonchev–Trinajstić information content (AvgIpc) is 2.60. The number of anilines is 1. The van der Waals surface area contributed by atoms with Crippen LogP contribution in [0.4, 0.5) is 18.9 Å². The molecule has 2 rings (SSSR count). The lowest BCUT2D eigenvalue weighted by atomic mass is 10.1. The van der Waals surface area contributed by atoms with Gasteiger partial charge in [-0.05, 0) is 48.0 Å². The largest absolute Gasteiger partial charge is 0.416 e. The van der Waals surface area contributed by atoms with Crippen molar-refractivity contribution in [1.82, 2.24) is 0 Å². The first-order valence-corrected chi connectivity index (χ1v) is 7.32. The number of alkyl halides is 3. The Balaban J connectivity index is 2.26. The van der Waals surface area contributed by atoms with E-state index in [1.165, 1.54) is 17.8 Å². The van der Waals surface area contributed by atoms with Crippen molar-refractivity contribution in [1.29, 1.82) is 0 Å². The smallest absolute Gasteiger partial charge is 0.334 e. The molecule has 1 heterocycles. The lowest BCUT2D eigenvalue weighted by molar-refractivity contribution is -0.137. The van der Waals surface area contributed by atoms with Gasteiger partial charge in [-0.3, -0.25) is 4.99 Å². The summed E-state index contributed by atoms with van der Waals surface area (Å²) in [6.45, 7) is 3.96. The summed E-state index contributed by atoms with van der Waals surface area (Å²) >= 11 is 4.74. The molecule has 1 N–H and O–H groups in total. The molecule has 0 unspecified atom stereocenters. The summed E-state index contributed by atoms with van der Waals surface area (Å²) in [6.07, 6.45) is -4.35. The number of nitrogens with one attached hydrogen (secondary N) is 1. The Bertz CT molecular complexity index is 526. The van der Waals surface area contributed by atoms with Crippen LogP contribution in [-0.4, -0.2) is 16.5 Å². The van der Waals surface area contributed by atoms with Gasteiger partial charge in [-0.25, -0.2) is 0 Å². The van der Waals surface area contributed by atoms with E-state index < -0.39 is 11.7 Å². The summed E-state index contributed by atoms with van der Waals surface area (Å²) in [5.74, 6) is 0.811. The maximum absolute atomic E-state index is 12.7. The lowest BCUT2D eigenvalue weighted by Crippen LogP contribution is -2.15. The fourth-order valence-electron chi connectivity index (χ4n) is 1.56.